The number of aromatic nitrogens is 1. The topological polar surface area (TPSA) is 114 Å². The number of hydrogen-bond donors (Lipinski definition) is 2. The summed E-state index contributed by atoms with van der Waals surface area (Å²) in [6.45, 7) is 0.510. The summed E-state index contributed by atoms with van der Waals surface area (Å²) in [6.07, 6.45) is 3.28. The first kappa shape index (κ1) is 19.3. The van der Waals surface area contributed by atoms with Gasteiger partial charge in [0, 0.05) is 42.6 Å². The zero-order valence-electron chi connectivity index (χ0n) is 14.9. The molecule has 1 aromatic heterocycles. The third-order valence-corrected chi connectivity index (χ3v) is 5.91. The molecule has 0 aliphatic carbocycles. The number of amides is 1. The minimum Gasteiger partial charge on any atom is -0.346 e. The van der Waals surface area contributed by atoms with Crippen LogP contribution >= 0.6 is 0 Å². The third-order valence-electron chi connectivity index (χ3n) is 4.64. The molecule has 2 heterocycles. The van der Waals surface area contributed by atoms with E-state index in [1.807, 2.05) is 0 Å². The smallest absolute Gasteiger partial charge is 0.255 e. The number of rotatable bonds is 4. The van der Waals surface area contributed by atoms with Crippen LogP contribution in [-0.4, -0.2) is 54.6 Å². The average molecular weight is 390 g/mol. The summed E-state index contributed by atoms with van der Waals surface area (Å²) in [7, 11) is -3.33. The Balaban J connectivity index is 1.72. The van der Waals surface area contributed by atoms with Crippen LogP contribution in [0.25, 0.3) is 5.69 Å². The molecule has 1 amide bonds. The number of nitrogens with zero attached hydrogens (tertiary/aromatic N) is 2. The molecule has 2 aromatic rings. The zero-order valence-corrected chi connectivity index (χ0v) is 15.7. The average Bonchev–Trinajstić information content (AvgIpc) is 2.63. The second kappa shape index (κ2) is 7.63. The van der Waals surface area contributed by atoms with Crippen molar-refractivity contribution in [3.05, 3.63) is 64.6 Å². The maximum Gasteiger partial charge on any atom is 0.255 e. The van der Waals surface area contributed by atoms with Crippen LogP contribution in [0.3, 0.4) is 0 Å². The van der Waals surface area contributed by atoms with Gasteiger partial charge >= 0.3 is 0 Å². The first-order valence-electron chi connectivity index (χ1n) is 8.55. The summed E-state index contributed by atoms with van der Waals surface area (Å²) in [4.78, 5) is 24.4. The van der Waals surface area contributed by atoms with Gasteiger partial charge in [-0.2, -0.15) is 4.31 Å². The molecule has 1 fully saturated rings. The van der Waals surface area contributed by atoms with E-state index in [1.165, 1.54) is 14.9 Å². The largest absolute Gasteiger partial charge is 0.346 e. The number of hydrogen-bond acceptors (Lipinski definition) is 5. The van der Waals surface area contributed by atoms with Crippen molar-refractivity contribution in [1.29, 1.82) is 0 Å². The van der Waals surface area contributed by atoms with Crippen LogP contribution < -0.4 is 16.6 Å². The summed E-state index contributed by atoms with van der Waals surface area (Å²) in [5.74, 6) is -0.335. The van der Waals surface area contributed by atoms with Gasteiger partial charge in [0.2, 0.25) is 10.0 Å². The molecular formula is C18H22N4O4S. The highest BCUT2D eigenvalue weighted by Crippen LogP contribution is 2.14. The molecule has 2 unspecified atom stereocenters. The fourth-order valence-corrected chi connectivity index (χ4v) is 3.93. The Bertz CT molecular complexity index is 985. The second-order valence-electron chi connectivity index (χ2n) is 6.61. The van der Waals surface area contributed by atoms with Gasteiger partial charge in [-0.1, -0.05) is 6.07 Å². The lowest BCUT2D eigenvalue weighted by molar-refractivity contribution is 0.0913. The predicted octanol–water partition coefficient (Wildman–Crippen LogP) is -0.0715. The van der Waals surface area contributed by atoms with E-state index in [4.69, 9.17) is 5.73 Å². The molecule has 1 aliphatic rings. The second-order valence-corrected chi connectivity index (χ2v) is 8.59. The Kier molecular flexibility index (Phi) is 5.45. The maximum atomic E-state index is 12.5. The highest BCUT2D eigenvalue weighted by atomic mass is 32.2. The molecule has 1 saturated heterocycles. The maximum absolute atomic E-state index is 12.5. The molecule has 27 heavy (non-hydrogen) atoms. The molecule has 8 nitrogen and oxygen atoms in total. The highest BCUT2D eigenvalue weighted by Gasteiger charge is 2.32. The van der Waals surface area contributed by atoms with E-state index < -0.39 is 16.1 Å². The van der Waals surface area contributed by atoms with E-state index in [0.29, 0.717) is 24.2 Å². The van der Waals surface area contributed by atoms with Crippen molar-refractivity contribution in [2.45, 2.75) is 18.5 Å². The Morgan fingerprint density at radius 1 is 1.19 bits per heavy atom. The number of nitrogens with two attached hydrogens (primary N) is 1. The number of sulfonamides is 1. The molecule has 0 spiro atoms. The van der Waals surface area contributed by atoms with Crippen LogP contribution in [0.4, 0.5) is 0 Å². The van der Waals surface area contributed by atoms with Crippen molar-refractivity contribution in [3.8, 4) is 5.69 Å². The summed E-state index contributed by atoms with van der Waals surface area (Å²) in [5, 5.41) is 2.82. The zero-order chi connectivity index (χ0) is 19.6. The lowest BCUT2D eigenvalue weighted by Crippen LogP contribution is -2.59. The van der Waals surface area contributed by atoms with Crippen molar-refractivity contribution in [3.63, 3.8) is 0 Å². The van der Waals surface area contributed by atoms with Crippen LogP contribution in [0.2, 0.25) is 0 Å². The molecule has 144 valence electrons. The molecule has 9 heteroatoms. The van der Waals surface area contributed by atoms with Gasteiger partial charge in [-0.3, -0.25) is 14.2 Å². The van der Waals surface area contributed by atoms with Crippen molar-refractivity contribution in [1.82, 2.24) is 14.2 Å². The Hall–Kier alpha value is -2.49. The predicted molar refractivity (Wildman–Crippen MR) is 102 cm³/mol. The van der Waals surface area contributed by atoms with E-state index >= 15 is 0 Å². The number of carbonyl (C=O) groups is 1. The van der Waals surface area contributed by atoms with Crippen molar-refractivity contribution in [2.75, 3.05) is 19.3 Å². The van der Waals surface area contributed by atoms with Gasteiger partial charge < -0.3 is 11.1 Å². The third kappa shape index (κ3) is 4.44. The van der Waals surface area contributed by atoms with Crippen LogP contribution in [0.5, 0.6) is 0 Å². The van der Waals surface area contributed by atoms with Crippen LogP contribution in [0.15, 0.2) is 53.5 Å². The van der Waals surface area contributed by atoms with Gasteiger partial charge in [-0.05, 0) is 36.8 Å². The van der Waals surface area contributed by atoms with E-state index in [2.05, 4.69) is 5.32 Å². The van der Waals surface area contributed by atoms with Gasteiger partial charge in [0.1, 0.15) is 0 Å². The molecule has 3 rings (SSSR count). The highest BCUT2D eigenvalue weighted by molar-refractivity contribution is 7.88. The standard InChI is InChI=1S/C18H22N4O4S/c1-27(25,26)21-11-9-15(19)16(12-21)20-18(24)13-5-7-14(8-6-13)22-10-3-2-4-17(22)23/h2-8,10,15-16H,9,11-12,19H2,1H3,(H,20,24). The summed E-state index contributed by atoms with van der Waals surface area (Å²) in [6, 6.07) is 10.7. The lowest BCUT2D eigenvalue weighted by Gasteiger charge is -2.35. The number of carbonyl (C=O) groups excluding carboxylic acids is 1. The monoisotopic (exact) mass is 390 g/mol. The first-order chi connectivity index (χ1) is 12.8. The van der Waals surface area contributed by atoms with Crippen molar-refractivity contribution >= 4 is 15.9 Å². The first-order valence-corrected chi connectivity index (χ1v) is 10.4. The molecular weight excluding hydrogens is 368 g/mol. The van der Waals surface area contributed by atoms with Crippen LogP contribution in [0.1, 0.15) is 16.8 Å². The van der Waals surface area contributed by atoms with Gasteiger partial charge in [0.05, 0.1) is 12.3 Å². The molecule has 1 aliphatic heterocycles. The number of nitrogens with one attached hydrogen (secondary N) is 1. The Morgan fingerprint density at radius 2 is 1.89 bits per heavy atom. The molecule has 0 bridgehead atoms. The van der Waals surface area contributed by atoms with E-state index in [0.717, 1.165) is 6.26 Å². The fraction of sp³-hybridized carbons (Fsp3) is 0.333. The van der Waals surface area contributed by atoms with E-state index in [9.17, 15) is 18.0 Å². The number of pyridine rings is 1. The normalized spacial score (nSPS) is 21.0. The van der Waals surface area contributed by atoms with Crippen molar-refractivity contribution in [2.24, 2.45) is 5.73 Å². The van der Waals surface area contributed by atoms with Gasteiger partial charge in [0.25, 0.3) is 11.5 Å². The molecule has 2 atom stereocenters. The van der Waals surface area contributed by atoms with Gasteiger partial charge in [0.15, 0.2) is 0 Å². The minimum atomic E-state index is -3.33. The van der Waals surface area contributed by atoms with Crippen molar-refractivity contribution < 1.29 is 13.2 Å². The van der Waals surface area contributed by atoms with Crippen LogP contribution in [-0.2, 0) is 10.0 Å². The number of piperidine rings is 1. The fourth-order valence-electron chi connectivity index (χ4n) is 3.06. The lowest BCUT2D eigenvalue weighted by atomic mass is 10.0. The summed E-state index contributed by atoms with van der Waals surface area (Å²) >= 11 is 0. The molecule has 1 aromatic carbocycles. The summed E-state index contributed by atoms with van der Waals surface area (Å²) in [5.41, 5.74) is 6.95. The SMILES string of the molecule is CS(=O)(=O)N1CCC(N)C(NC(=O)c2ccc(-n3ccccc3=O)cc2)C1. The Morgan fingerprint density at radius 3 is 2.52 bits per heavy atom. The quantitative estimate of drug-likeness (QED) is 0.758. The Labute approximate surface area is 157 Å². The van der Waals surface area contributed by atoms with E-state index in [1.54, 1.807) is 42.6 Å². The van der Waals surface area contributed by atoms with Gasteiger partial charge in [-0.15, -0.1) is 0 Å². The minimum absolute atomic E-state index is 0.156. The van der Waals surface area contributed by atoms with Gasteiger partial charge in [-0.25, -0.2) is 8.42 Å². The van der Waals surface area contributed by atoms with Crippen LogP contribution in [0, 0.1) is 0 Å². The molecule has 0 saturated carbocycles. The number of benzene rings is 1. The molecule has 0 radical (unpaired) electrons. The molecule has 3 N–H and O–H groups in total. The summed E-state index contributed by atoms with van der Waals surface area (Å²) < 4.78 is 26.3. The van der Waals surface area contributed by atoms with E-state index in [-0.39, 0.29) is 24.1 Å².